The van der Waals surface area contributed by atoms with Crippen molar-refractivity contribution in [3.63, 3.8) is 0 Å². The van der Waals surface area contributed by atoms with Crippen molar-refractivity contribution in [3.8, 4) is 0 Å². The van der Waals surface area contributed by atoms with Crippen LogP contribution in [0.2, 0.25) is 13.1 Å². The first-order valence-electron chi connectivity index (χ1n) is 12.0. The summed E-state index contributed by atoms with van der Waals surface area (Å²) in [6.07, 6.45) is 11.1. The molecule has 4 heteroatoms. The van der Waals surface area contributed by atoms with E-state index < -0.39 is 9.04 Å². The summed E-state index contributed by atoms with van der Waals surface area (Å²) in [5.41, 5.74) is 1.68. The summed E-state index contributed by atoms with van der Waals surface area (Å²) in [5, 5.41) is 0. The third-order valence-corrected chi connectivity index (χ3v) is 9.48. The molecule has 0 aromatic carbocycles. The molecule has 0 aromatic rings. The van der Waals surface area contributed by atoms with Crippen molar-refractivity contribution in [3.05, 3.63) is 11.6 Å². The van der Waals surface area contributed by atoms with Gasteiger partial charge in [0.1, 0.15) is 5.78 Å². The Kier molecular flexibility index (Phi) is 5.51. The Hall–Kier alpha value is -0.743. The highest BCUT2D eigenvalue weighted by Gasteiger charge is 2.62. The van der Waals surface area contributed by atoms with Crippen LogP contribution >= 0.6 is 0 Å². The minimum Gasteiger partial charge on any atom is -0.420 e. The maximum atomic E-state index is 13.1. The van der Waals surface area contributed by atoms with Crippen LogP contribution in [-0.2, 0) is 14.0 Å². The van der Waals surface area contributed by atoms with E-state index in [9.17, 15) is 9.59 Å². The maximum Gasteiger partial charge on any atom is 0.170 e. The van der Waals surface area contributed by atoms with E-state index in [4.69, 9.17) is 4.43 Å². The van der Waals surface area contributed by atoms with E-state index in [0.717, 1.165) is 44.9 Å². The van der Waals surface area contributed by atoms with Gasteiger partial charge in [0, 0.05) is 19.4 Å². The zero-order chi connectivity index (χ0) is 21.0. The number of rotatable bonds is 4. The van der Waals surface area contributed by atoms with Gasteiger partial charge in [-0.25, -0.2) is 0 Å². The summed E-state index contributed by atoms with van der Waals surface area (Å²) < 4.78 is 6.22. The predicted octanol–water partition coefficient (Wildman–Crippen LogP) is 5.48. The van der Waals surface area contributed by atoms with E-state index in [0.29, 0.717) is 42.3 Å². The highest BCUT2D eigenvalue weighted by molar-refractivity contribution is 6.48. The minimum absolute atomic E-state index is 0.181. The molecule has 0 spiro atoms. The molecule has 4 rings (SSSR count). The van der Waals surface area contributed by atoms with Crippen molar-refractivity contribution >= 4 is 20.6 Å². The fourth-order valence-corrected chi connectivity index (χ4v) is 8.43. The first-order valence-corrected chi connectivity index (χ1v) is 14.7. The number of carbonyl (C=O) groups excluding carboxylic acids is 2. The molecule has 3 fully saturated rings. The molecule has 4 aliphatic carbocycles. The van der Waals surface area contributed by atoms with Gasteiger partial charge in [-0.05, 0) is 92.7 Å². The van der Waals surface area contributed by atoms with Crippen molar-refractivity contribution in [2.75, 3.05) is 6.61 Å². The SMILES string of the molecule is C[SiH](C)OC[C@]12CC[C@H]3[C@@H](CCC4=CC(=O)CC[C@@]43CC(C)(C)C)[C@@H]1CCC2=O. The van der Waals surface area contributed by atoms with Gasteiger partial charge in [-0.2, -0.15) is 0 Å². The Morgan fingerprint density at radius 3 is 2.41 bits per heavy atom. The van der Waals surface area contributed by atoms with Crippen molar-refractivity contribution in [1.82, 2.24) is 0 Å². The summed E-state index contributed by atoms with van der Waals surface area (Å²) in [6, 6.07) is 0. The Balaban J connectivity index is 1.70. The van der Waals surface area contributed by atoms with Gasteiger partial charge in [-0.3, -0.25) is 9.59 Å². The average Bonchev–Trinajstić information content (AvgIpc) is 2.96. The van der Waals surface area contributed by atoms with Crippen molar-refractivity contribution in [2.45, 2.75) is 91.7 Å². The number of carbonyl (C=O) groups is 2. The van der Waals surface area contributed by atoms with Gasteiger partial charge in [-0.15, -0.1) is 0 Å². The summed E-state index contributed by atoms with van der Waals surface area (Å²) in [4.78, 5) is 25.4. The molecule has 4 aliphatic rings. The molecule has 0 heterocycles. The standard InChI is InChI=1S/C25H40O3Si/c1-23(2,3)15-24-12-10-18(26)14-17(24)6-7-19-20-8-9-22(27)25(20,13-11-21(19)24)16-28-29(4)5/h14,19-21,29H,6-13,15-16H2,1-5H3/t19-,20-,21-,24+,25+/m0/s1. The molecule has 29 heavy (non-hydrogen) atoms. The van der Waals surface area contributed by atoms with Crippen molar-refractivity contribution in [1.29, 1.82) is 0 Å². The number of ketones is 2. The molecule has 0 N–H and O–H groups in total. The number of fused-ring (bicyclic) bond motifs is 5. The lowest BCUT2D eigenvalue weighted by Crippen LogP contribution is -2.54. The lowest BCUT2D eigenvalue weighted by Gasteiger charge is -2.59. The van der Waals surface area contributed by atoms with Crippen LogP contribution in [0, 0.1) is 34.0 Å². The van der Waals surface area contributed by atoms with Crippen LogP contribution in [0.1, 0.15) is 78.6 Å². The quantitative estimate of drug-likeness (QED) is 0.570. The van der Waals surface area contributed by atoms with Gasteiger partial charge in [-0.1, -0.05) is 26.3 Å². The minimum atomic E-state index is -1.14. The van der Waals surface area contributed by atoms with E-state index in [-0.39, 0.29) is 16.2 Å². The van der Waals surface area contributed by atoms with Crippen LogP contribution in [0.25, 0.3) is 0 Å². The van der Waals surface area contributed by atoms with Crippen LogP contribution in [-0.4, -0.2) is 27.2 Å². The molecule has 0 amide bonds. The van der Waals surface area contributed by atoms with Crippen molar-refractivity contribution < 1.29 is 14.0 Å². The topological polar surface area (TPSA) is 43.4 Å². The van der Waals surface area contributed by atoms with Gasteiger partial charge < -0.3 is 4.43 Å². The molecule has 0 saturated heterocycles. The number of Topliss-reactive ketones (excluding diaryl/α,β-unsaturated/α-hetero) is 1. The number of hydrogen-bond acceptors (Lipinski definition) is 3. The average molecular weight is 417 g/mol. The highest BCUT2D eigenvalue weighted by atomic mass is 28.3. The zero-order valence-electron chi connectivity index (χ0n) is 19.2. The van der Waals surface area contributed by atoms with Crippen molar-refractivity contribution in [2.24, 2.45) is 34.0 Å². The van der Waals surface area contributed by atoms with Crippen LogP contribution in [0.3, 0.4) is 0 Å². The predicted molar refractivity (Wildman–Crippen MR) is 119 cm³/mol. The molecule has 3 nitrogen and oxygen atoms in total. The van der Waals surface area contributed by atoms with Gasteiger partial charge in [0.15, 0.2) is 14.8 Å². The highest BCUT2D eigenvalue weighted by Crippen LogP contribution is 2.66. The fourth-order valence-electron chi connectivity index (χ4n) is 7.80. The summed E-state index contributed by atoms with van der Waals surface area (Å²) in [5.74, 6) is 2.58. The van der Waals surface area contributed by atoms with E-state index in [2.05, 4.69) is 33.9 Å². The van der Waals surface area contributed by atoms with Crippen LogP contribution in [0.15, 0.2) is 11.6 Å². The molecule has 3 saturated carbocycles. The summed E-state index contributed by atoms with van der Waals surface area (Å²) >= 11 is 0. The lowest BCUT2D eigenvalue weighted by atomic mass is 9.45. The Morgan fingerprint density at radius 2 is 1.72 bits per heavy atom. The summed E-state index contributed by atoms with van der Waals surface area (Å²) in [7, 11) is -1.14. The smallest absolute Gasteiger partial charge is 0.170 e. The first kappa shape index (κ1) is 21.5. The Morgan fingerprint density at radius 1 is 1.00 bits per heavy atom. The van der Waals surface area contributed by atoms with E-state index in [1.54, 1.807) is 0 Å². The van der Waals surface area contributed by atoms with Crippen LogP contribution < -0.4 is 0 Å². The Bertz CT molecular complexity index is 718. The maximum absolute atomic E-state index is 13.1. The second-order valence-electron chi connectivity index (χ2n) is 12.0. The fraction of sp³-hybridized carbons (Fsp3) is 0.840. The lowest BCUT2D eigenvalue weighted by molar-refractivity contribution is -0.139. The molecule has 0 aromatic heterocycles. The van der Waals surface area contributed by atoms with E-state index >= 15 is 0 Å². The number of allylic oxidation sites excluding steroid dienone is 1. The van der Waals surface area contributed by atoms with Crippen LogP contribution in [0.5, 0.6) is 0 Å². The van der Waals surface area contributed by atoms with E-state index in [1.807, 2.05) is 6.08 Å². The third kappa shape index (κ3) is 3.63. The summed E-state index contributed by atoms with van der Waals surface area (Å²) in [6.45, 7) is 12.2. The zero-order valence-corrected chi connectivity index (χ0v) is 20.3. The monoisotopic (exact) mass is 416 g/mol. The second-order valence-corrected chi connectivity index (χ2v) is 14.4. The van der Waals surface area contributed by atoms with Gasteiger partial charge in [0.05, 0.1) is 5.41 Å². The van der Waals surface area contributed by atoms with Gasteiger partial charge in [0.2, 0.25) is 0 Å². The molecular weight excluding hydrogens is 376 g/mol. The molecule has 5 atom stereocenters. The Labute approximate surface area is 178 Å². The third-order valence-electron chi connectivity index (χ3n) is 8.65. The second kappa shape index (κ2) is 7.44. The largest absolute Gasteiger partial charge is 0.420 e. The first-order chi connectivity index (χ1) is 13.6. The van der Waals surface area contributed by atoms with E-state index in [1.165, 1.54) is 12.0 Å². The van der Waals surface area contributed by atoms with Crippen LogP contribution in [0.4, 0.5) is 0 Å². The molecule has 162 valence electrons. The molecule has 0 unspecified atom stereocenters. The number of hydrogen-bond donors (Lipinski definition) is 0. The molecular formula is C25H40O3Si. The van der Waals surface area contributed by atoms with Gasteiger partial charge >= 0.3 is 0 Å². The molecule has 0 radical (unpaired) electrons. The molecule has 0 bridgehead atoms. The van der Waals surface area contributed by atoms with Gasteiger partial charge in [0.25, 0.3) is 0 Å². The normalized spacial score (nSPS) is 39.8. The molecule has 0 aliphatic heterocycles.